The van der Waals surface area contributed by atoms with Crippen LogP contribution in [0.15, 0.2) is 36.7 Å². The van der Waals surface area contributed by atoms with Crippen molar-refractivity contribution in [2.45, 2.75) is 18.3 Å². The summed E-state index contributed by atoms with van der Waals surface area (Å²) in [7, 11) is 1.96. The number of benzene rings is 1. The van der Waals surface area contributed by atoms with Crippen LogP contribution in [0.3, 0.4) is 0 Å². The number of hydrogen-bond acceptors (Lipinski definition) is 2. The molecule has 0 amide bonds. The third-order valence-electron chi connectivity index (χ3n) is 4.03. The highest BCUT2D eigenvalue weighted by molar-refractivity contribution is 6.30. The van der Waals surface area contributed by atoms with E-state index in [1.807, 2.05) is 30.1 Å². The highest BCUT2D eigenvalue weighted by atomic mass is 35.5. The molecule has 19 heavy (non-hydrogen) atoms. The molecule has 0 radical (unpaired) electrons. The number of hydrogen-bond donors (Lipinski definition) is 1. The zero-order valence-electron chi connectivity index (χ0n) is 11.1. The molecule has 1 aromatic heterocycles. The predicted molar refractivity (Wildman–Crippen MR) is 77.5 cm³/mol. The maximum absolute atomic E-state index is 5.97. The molecule has 0 bridgehead atoms. The molecule has 1 aliphatic rings. The predicted octanol–water partition coefficient (Wildman–Crippen LogP) is 2.55. The standard InChI is InChI=1S/C15H18ClN3/c1-19-9-12(8-18-19)6-7-15(10-17-11-15)13-2-4-14(16)5-3-13/h2-5,8-9,17H,6-7,10-11H2,1H3. The smallest absolute Gasteiger partial charge is 0.0521 e. The van der Waals surface area contributed by atoms with Gasteiger partial charge < -0.3 is 5.32 Å². The molecule has 100 valence electrons. The molecule has 1 fully saturated rings. The number of aryl methyl sites for hydroxylation is 2. The minimum Gasteiger partial charge on any atom is -0.315 e. The van der Waals surface area contributed by atoms with Crippen molar-refractivity contribution in [3.8, 4) is 0 Å². The highest BCUT2D eigenvalue weighted by Crippen LogP contribution is 2.34. The molecule has 0 unspecified atom stereocenters. The fraction of sp³-hybridized carbons (Fsp3) is 0.400. The van der Waals surface area contributed by atoms with Gasteiger partial charge in [0, 0.05) is 36.8 Å². The quantitative estimate of drug-likeness (QED) is 0.929. The van der Waals surface area contributed by atoms with Gasteiger partial charge in [-0.05, 0) is 36.1 Å². The number of nitrogens with zero attached hydrogens (tertiary/aromatic N) is 2. The van der Waals surface area contributed by atoms with Gasteiger partial charge in [-0.2, -0.15) is 5.10 Å². The zero-order chi connectivity index (χ0) is 13.3. The highest BCUT2D eigenvalue weighted by Gasteiger charge is 2.38. The van der Waals surface area contributed by atoms with Crippen LogP contribution in [0.4, 0.5) is 0 Å². The van der Waals surface area contributed by atoms with E-state index in [1.165, 1.54) is 11.1 Å². The average Bonchev–Trinajstić information content (AvgIpc) is 2.76. The summed E-state index contributed by atoms with van der Waals surface area (Å²) in [5, 5.41) is 8.44. The summed E-state index contributed by atoms with van der Waals surface area (Å²) in [6, 6.07) is 8.29. The summed E-state index contributed by atoms with van der Waals surface area (Å²) >= 11 is 5.97. The van der Waals surface area contributed by atoms with Gasteiger partial charge in [-0.3, -0.25) is 4.68 Å². The van der Waals surface area contributed by atoms with Crippen molar-refractivity contribution in [3.63, 3.8) is 0 Å². The largest absolute Gasteiger partial charge is 0.315 e. The summed E-state index contributed by atoms with van der Waals surface area (Å²) in [6.07, 6.45) is 6.27. The van der Waals surface area contributed by atoms with Gasteiger partial charge in [0.25, 0.3) is 0 Å². The van der Waals surface area contributed by atoms with Gasteiger partial charge in [-0.25, -0.2) is 0 Å². The molecular formula is C15H18ClN3. The first kappa shape index (κ1) is 12.7. The van der Waals surface area contributed by atoms with E-state index >= 15 is 0 Å². The summed E-state index contributed by atoms with van der Waals surface area (Å²) in [5.74, 6) is 0. The fourth-order valence-electron chi connectivity index (χ4n) is 2.74. The first-order valence-electron chi connectivity index (χ1n) is 6.62. The first-order valence-corrected chi connectivity index (χ1v) is 7.00. The molecule has 0 atom stereocenters. The normalized spacial score (nSPS) is 17.2. The van der Waals surface area contributed by atoms with E-state index in [9.17, 15) is 0 Å². The molecule has 0 spiro atoms. The maximum Gasteiger partial charge on any atom is 0.0521 e. The van der Waals surface area contributed by atoms with E-state index in [4.69, 9.17) is 11.6 Å². The lowest BCUT2D eigenvalue weighted by Crippen LogP contribution is -2.57. The van der Waals surface area contributed by atoms with Crippen LogP contribution in [0.25, 0.3) is 0 Å². The second-order valence-corrected chi connectivity index (χ2v) is 5.85. The van der Waals surface area contributed by atoms with E-state index in [0.29, 0.717) is 0 Å². The van der Waals surface area contributed by atoms with Crippen LogP contribution in [0, 0.1) is 0 Å². The second kappa shape index (κ2) is 4.99. The van der Waals surface area contributed by atoms with E-state index < -0.39 is 0 Å². The third-order valence-corrected chi connectivity index (χ3v) is 4.29. The lowest BCUT2D eigenvalue weighted by Gasteiger charge is -2.43. The Morgan fingerprint density at radius 3 is 2.58 bits per heavy atom. The topological polar surface area (TPSA) is 29.9 Å². The summed E-state index contributed by atoms with van der Waals surface area (Å²) in [5.41, 5.74) is 2.96. The second-order valence-electron chi connectivity index (χ2n) is 5.41. The molecule has 3 rings (SSSR count). The molecule has 0 aliphatic carbocycles. The minimum absolute atomic E-state index is 0.264. The molecule has 1 saturated heterocycles. The summed E-state index contributed by atoms with van der Waals surface area (Å²) in [4.78, 5) is 0. The van der Waals surface area contributed by atoms with Gasteiger partial charge in [0.2, 0.25) is 0 Å². The molecular weight excluding hydrogens is 258 g/mol. The first-order chi connectivity index (χ1) is 9.18. The van der Waals surface area contributed by atoms with Crippen molar-refractivity contribution >= 4 is 11.6 Å². The molecule has 4 heteroatoms. The Hall–Kier alpha value is -1.32. The van der Waals surface area contributed by atoms with Crippen LogP contribution in [-0.2, 0) is 18.9 Å². The van der Waals surface area contributed by atoms with Crippen LogP contribution < -0.4 is 5.32 Å². The van der Waals surface area contributed by atoms with Crippen molar-refractivity contribution in [1.29, 1.82) is 0 Å². The molecule has 1 aliphatic heterocycles. The number of halogens is 1. The van der Waals surface area contributed by atoms with Crippen LogP contribution in [0.5, 0.6) is 0 Å². The minimum atomic E-state index is 0.264. The van der Waals surface area contributed by atoms with Gasteiger partial charge in [0.1, 0.15) is 0 Å². The SMILES string of the molecule is Cn1cc(CCC2(c3ccc(Cl)cc3)CNC2)cn1. The van der Waals surface area contributed by atoms with Crippen molar-refractivity contribution in [2.75, 3.05) is 13.1 Å². The van der Waals surface area contributed by atoms with E-state index in [0.717, 1.165) is 31.0 Å². The number of nitrogens with one attached hydrogen (secondary N) is 1. The van der Waals surface area contributed by atoms with Crippen LogP contribution >= 0.6 is 11.6 Å². The molecule has 1 N–H and O–H groups in total. The van der Waals surface area contributed by atoms with Crippen molar-refractivity contribution < 1.29 is 0 Å². The van der Waals surface area contributed by atoms with Gasteiger partial charge in [0.15, 0.2) is 0 Å². The molecule has 2 heterocycles. The Morgan fingerprint density at radius 2 is 2.05 bits per heavy atom. The Kier molecular flexibility index (Phi) is 3.33. The fourth-order valence-corrected chi connectivity index (χ4v) is 2.87. The van der Waals surface area contributed by atoms with Crippen molar-refractivity contribution in [1.82, 2.24) is 15.1 Å². The molecule has 0 saturated carbocycles. The van der Waals surface area contributed by atoms with E-state index in [-0.39, 0.29) is 5.41 Å². The lowest BCUT2D eigenvalue weighted by molar-refractivity contribution is 0.258. The lowest BCUT2D eigenvalue weighted by atomic mass is 9.71. The average molecular weight is 276 g/mol. The van der Waals surface area contributed by atoms with Gasteiger partial charge in [-0.1, -0.05) is 23.7 Å². The third kappa shape index (κ3) is 2.53. The Bertz CT molecular complexity index is 555. The monoisotopic (exact) mass is 275 g/mol. The van der Waals surface area contributed by atoms with Crippen molar-refractivity contribution in [3.05, 3.63) is 52.8 Å². The Balaban J connectivity index is 1.74. The van der Waals surface area contributed by atoms with Crippen LogP contribution in [0.1, 0.15) is 17.5 Å². The molecule has 3 nitrogen and oxygen atoms in total. The Morgan fingerprint density at radius 1 is 1.32 bits per heavy atom. The van der Waals surface area contributed by atoms with Crippen molar-refractivity contribution in [2.24, 2.45) is 7.05 Å². The van der Waals surface area contributed by atoms with Gasteiger partial charge >= 0.3 is 0 Å². The zero-order valence-corrected chi connectivity index (χ0v) is 11.8. The van der Waals surface area contributed by atoms with Crippen LogP contribution in [-0.4, -0.2) is 22.9 Å². The molecule has 1 aromatic carbocycles. The van der Waals surface area contributed by atoms with Gasteiger partial charge in [0.05, 0.1) is 6.20 Å². The number of aromatic nitrogens is 2. The van der Waals surface area contributed by atoms with Gasteiger partial charge in [-0.15, -0.1) is 0 Å². The number of rotatable bonds is 4. The van der Waals surface area contributed by atoms with E-state index in [2.05, 4.69) is 28.7 Å². The van der Waals surface area contributed by atoms with E-state index in [1.54, 1.807) is 0 Å². The summed E-state index contributed by atoms with van der Waals surface area (Å²) in [6.45, 7) is 2.10. The molecule has 2 aromatic rings. The summed E-state index contributed by atoms with van der Waals surface area (Å²) < 4.78 is 1.86. The Labute approximate surface area is 118 Å². The van der Waals surface area contributed by atoms with Crippen LogP contribution in [0.2, 0.25) is 5.02 Å². The maximum atomic E-state index is 5.97.